The first-order chi connectivity index (χ1) is 13.1. The second kappa shape index (κ2) is 5.89. The van der Waals surface area contributed by atoms with E-state index in [2.05, 4.69) is 15.2 Å². The van der Waals surface area contributed by atoms with Crippen LogP contribution in [-0.2, 0) is 0 Å². The van der Waals surface area contributed by atoms with Gasteiger partial charge >= 0.3 is 0 Å². The first-order valence-corrected chi connectivity index (χ1v) is 8.91. The predicted molar refractivity (Wildman–Crippen MR) is 105 cm³/mol. The Kier molecular flexibility index (Phi) is 3.48. The second-order valence-electron chi connectivity index (χ2n) is 6.49. The highest BCUT2D eigenvalue weighted by molar-refractivity contribution is 6.31. The summed E-state index contributed by atoms with van der Waals surface area (Å²) in [5.41, 5.74) is 5.45. The molecule has 0 amide bonds. The van der Waals surface area contributed by atoms with E-state index in [-0.39, 0.29) is 0 Å². The van der Waals surface area contributed by atoms with Crippen molar-refractivity contribution in [2.24, 2.45) is 0 Å². The van der Waals surface area contributed by atoms with Gasteiger partial charge in [-0.05, 0) is 37.1 Å². The van der Waals surface area contributed by atoms with Crippen LogP contribution in [-0.4, -0.2) is 29.4 Å². The van der Waals surface area contributed by atoms with Crippen LogP contribution in [0.4, 0.5) is 0 Å². The van der Waals surface area contributed by atoms with Crippen molar-refractivity contribution in [1.82, 2.24) is 29.4 Å². The summed E-state index contributed by atoms with van der Waals surface area (Å²) in [5, 5.41) is 10.6. The van der Waals surface area contributed by atoms with Gasteiger partial charge in [-0.2, -0.15) is 5.10 Å². The molecule has 0 aliphatic rings. The lowest BCUT2D eigenvalue weighted by molar-refractivity contribution is 0.882. The lowest BCUT2D eigenvalue weighted by Gasteiger charge is -2.05. The Morgan fingerprint density at radius 3 is 2.63 bits per heavy atom. The van der Waals surface area contributed by atoms with Crippen LogP contribution in [0.2, 0.25) is 5.02 Å². The number of halogens is 1. The summed E-state index contributed by atoms with van der Waals surface area (Å²) >= 11 is 6.27. The van der Waals surface area contributed by atoms with Crippen LogP contribution < -0.4 is 0 Å². The smallest absolute Gasteiger partial charge is 0.182 e. The largest absolute Gasteiger partial charge is 0.216 e. The molecule has 0 fully saturated rings. The Labute approximate surface area is 160 Å². The van der Waals surface area contributed by atoms with Crippen LogP contribution in [0.3, 0.4) is 0 Å². The maximum Gasteiger partial charge on any atom is 0.182 e. The van der Waals surface area contributed by atoms with Crippen LogP contribution in [0.15, 0.2) is 55.0 Å². The molecular weight excluding hydrogens is 360 g/mol. The summed E-state index contributed by atoms with van der Waals surface area (Å²) in [6.07, 6.45) is 3.43. The zero-order valence-electron chi connectivity index (χ0n) is 14.8. The average molecular weight is 375 g/mol. The molecule has 0 N–H and O–H groups in total. The highest BCUT2D eigenvalue weighted by atomic mass is 35.5. The van der Waals surface area contributed by atoms with Crippen molar-refractivity contribution in [1.29, 1.82) is 0 Å². The molecule has 0 aliphatic carbocycles. The molecule has 5 rings (SSSR count). The summed E-state index contributed by atoms with van der Waals surface area (Å²) in [5.74, 6) is 0.675. The SMILES string of the molecule is Cc1ccc(-n2ncc3c2ncn2nc(-c4ccccc4C)nc32)cc1Cl. The van der Waals surface area contributed by atoms with Crippen LogP contribution >= 0.6 is 11.6 Å². The van der Waals surface area contributed by atoms with Crippen LogP contribution in [0.25, 0.3) is 33.8 Å². The number of aryl methyl sites for hydroxylation is 2. The van der Waals surface area contributed by atoms with E-state index in [4.69, 9.17) is 16.6 Å². The van der Waals surface area contributed by atoms with Gasteiger partial charge < -0.3 is 0 Å². The van der Waals surface area contributed by atoms with Crippen molar-refractivity contribution >= 4 is 28.3 Å². The monoisotopic (exact) mass is 374 g/mol. The maximum absolute atomic E-state index is 6.27. The molecule has 0 bridgehead atoms. The van der Waals surface area contributed by atoms with Gasteiger partial charge in [-0.15, -0.1) is 5.10 Å². The van der Waals surface area contributed by atoms with Crippen molar-refractivity contribution in [3.63, 3.8) is 0 Å². The molecule has 0 saturated heterocycles. The Bertz CT molecular complexity index is 1320. The van der Waals surface area contributed by atoms with Crippen molar-refractivity contribution in [3.05, 3.63) is 71.1 Å². The molecule has 0 saturated carbocycles. The highest BCUT2D eigenvalue weighted by Crippen LogP contribution is 2.25. The van der Waals surface area contributed by atoms with E-state index in [1.54, 1.807) is 21.7 Å². The van der Waals surface area contributed by atoms with Crippen LogP contribution in [0.1, 0.15) is 11.1 Å². The van der Waals surface area contributed by atoms with Gasteiger partial charge in [0.1, 0.15) is 6.33 Å². The summed E-state index contributed by atoms with van der Waals surface area (Å²) in [7, 11) is 0. The number of benzene rings is 2. The number of hydrogen-bond donors (Lipinski definition) is 0. The number of rotatable bonds is 2. The molecule has 0 aliphatic heterocycles. The van der Waals surface area contributed by atoms with Gasteiger partial charge in [-0.3, -0.25) is 0 Å². The first kappa shape index (κ1) is 16.0. The van der Waals surface area contributed by atoms with E-state index in [0.717, 1.165) is 33.4 Å². The van der Waals surface area contributed by atoms with Gasteiger partial charge in [0.15, 0.2) is 17.1 Å². The fourth-order valence-electron chi connectivity index (χ4n) is 3.16. The fraction of sp³-hybridized carbons (Fsp3) is 0.100. The maximum atomic E-state index is 6.27. The van der Waals surface area contributed by atoms with Gasteiger partial charge in [0.25, 0.3) is 0 Å². The lowest BCUT2D eigenvalue weighted by atomic mass is 10.1. The number of fused-ring (bicyclic) bond motifs is 3. The average Bonchev–Trinajstić information content (AvgIpc) is 3.28. The van der Waals surface area contributed by atoms with Gasteiger partial charge in [-0.25, -0.2) is 19.2 Å². The minimum atomic E-state index is 0.675. The topological polar surface area (TPSA) is 60.9 Å². The molecule has 0 unspecified atom stereocenters. The van der Waals surface area contributed by atoms with Crippen LogP contribution in [0.5, 0.6) is 0 Å². The minimum absolute atomic E-state index is 0.675. The Balaban J connectivity index is 1.71. The molecular formula is C20H15ClN6. The van der Waals surface area contributed by atoms with Crippen molar-refractivity contribution < 1.29 is 0 Å². The molecule has 2 aromatic carbocycles. The summed E-state index contributed by atoms with van der Waals surface area (Å²) in [6.45, 7) is 4.02. The van der Waals surface area contributed by atoms with Crippen molar-refractivity contribution in [3.8, 4) is 17.1 Å². The molecule has 27 heavy (non-hydrogen) atoms. The summed E-state index contributed by atoms with van der Waals surface area (Å²) < 4.78 is 3.46. The molecule has 3 aromatic heterocycles. The normalized spacial score (nSPS) is 11.5. The van der Waals surface area contributed by atoms with E-state index in [1.807, 2.05) is 56.3 Å². The standard InChI is InChI=1S/C20H15ClN6/c1-12-5-3-4-6-15(12)18-24-20-16-10-23-27(19(16)22-11-26(20)25-18)14-8-7-13(2)17(21)9-14/h3-11H,1-2H3. The van der Waals surface area contributed by atoms with Gasteiger partial charge in [0, 0.05) is 10.6 Å². The lowest BCUT2D eigenvalue weighted by Crippen LogP contribution is -1.99. The van der Waals surface area contributed by atoms with Gasteiger partial charge in [-0.1, -0.05) is 41.9 Å². The molecule has 0 atom stereocenters. The van der Waals surface area contributed by atoms with Gasteiger partial charge in [0.2, 0.25) is 0 Å². The van der Waals surface area contributed by atoms with Crippen molar-refractivity contribution in [2.45, 2.75) is 13.8 Å². The van der Waals surface area contributed by atoms with E-state index >= 15 is 0 Å². The molecule has 0 radical (unpaired) electrons. The Hall–Kier alpha value is -3.25. The third kappa shape index (κ3) is 2.49. The van der Waals surface area contributed by atoms with E-state index in [1.165, 1.54) is 0 Å². The molecule has 0 spiro atoms. The number of aromatic nitrogens is 6. The minimum Gasteiger partial charge on any atom is -0.216 e. The predicted octanol–water partition coefficient (Wildman–Crippen LogP) is 4.40. The fourth-order valence-corrected chi connectivity index (χ4v) is 3.34. The molecule has 3 heterocycles. The molecule has 5 aromatic rings. The van der Waals surface area contributed by atoms with Crippen LogP contribution in [0, 0.1) is 13.8 Å². The van der Waals surface area contributed by atoms with E-state index in [0.29, 0.717) is 16.5 Å². The van der Waals surface area contributed by atoms with Crippen molar-refractivity contribution in [2.75, 3.05) is 0 Å². The Morgan fingerprint density at radius 2 is 1.81 bits per heavy atom. The zero-order valence-corrected chi connectivity index (χ0v) is 15.5. The zero-order chi connectivity index (χ0) is 18.5. The molecule has 132 valence electrons. The molecule has 6 nitrogen and oxygen atoms in total. The molecule has 7 heteroatoms. The van der Waals surface area contributed by atoms with E-state index in [9.17, 15) is 0 Å². The van der Waals surface area contributed by atoms with E-state index < -0.39 is 0 Å². The third-order valence-corrected chi connectivity index (χ3v) is 5.10. The third-order valence-electron chi connectivity index (χ3n) is 4.69. The second-order valence-corrected chi connectivity index (χ2v) is 6.90. The Morgan fingerprint density at radius 1 is 0.963 bits per heavy atom. The first-order valence-electron chi connectivity index (χ1n) is 8.53. The summed E-state index contributed by atoms with van der Waals surface area (Å²) in [4.78, 5) is 9.29. The summed E-state index contributed by atoms with van der Waals surface area (Å²) in [6, 6.07) is 13.9. The van der Waals surface area contributed by atoms with Gasteiger partial charge in [0.05, 0.1) is 17.3 Å². The quantitative estimate of drug-likeness (QED) is 0.459. The number of hydrogen-bond acceptors (Lipinski definition) is 4. The number of nitrogens with zero attached hydrogens (tertiary/aromatic N) is 6. The highest BCUT2D eigenvalue weighted by Gasteiger charge is 2.15.